The van der Waals surface area contributed by atoms with E-state index < -0.39 is 27.2 Å². The van der Waals surface area contributed by atoms with E-state index in [4.69, 9.17) is 11.6 Å². The molecule has 0 unspecified atom stereocenters. The average Bonchev–Trinajstić information content (AvgIpc) is 1.96. The van der Waals surface area contributed by atoms with Gasteiger partial charge in [0.25, 0.3) is 5.69 Å². The van der Waals surface area contributed by atoms with Gasteiger partial charge in [0, 0.05) is 5.02 Å². The van der Waals surface area contributed by atoms with Gasteiger partial charge in [-0.25, -0.2) is 4.39 Å². The predicted octanol–water partition coefficient (Wildman–Crippen LogP) is 1.46. The zero-order valence-corrected chi connectivity index (χ0v) is 6.34. The van der Waals surface area contributed by atoms with Crippen molar-refractivity contribution >= 4 is 17.3 Å². The summed E-state index contributed by atoms with van der Waals surface area (Å²) in [4.78, 5) is 9.13. The fourth-order valence-corrected chi connectivity index (χ4v) is 0.883. The lowest BCUT2D eigenvalue weighted by atomic mass is 10.3. The van der Waals surface area contributed by atoms with Crippen LogP contribution in [0.3, 0.4) is 0 Å². The van der Waals surface area contributed by atoms with Crippen molar-refractivity contribution < 1.29 is 14.4 Å². The van der Waals surface area contributed by atoms with Gasteiger partial charge in [-0.15, -0.1) is 0 Å². The van der Waals surface area contributed by atoms with Crippen LogP contribution in [0, 0.1) is 15.9 Å². The standard InChI is InChI=1S/C6H3ClFNO3/c7-4-1-3(8)2-5(6(4)10)9(11)12/h1-2,10H/p-1. The van der Waals surface area contributed by atoms with Gasteiger partial charge < -0.3 is 5.11 Å². The second-order valence-electron chi connectivity index (χ2n) is 1.99. The van der Waals surface area contributed by atoms with Gasteiger partial charge in [0.15, 0.2) is 0 Å². The van der Waals surface area contributed by atoms with Crippen LogP contribution < -0.4 is 5.11 Å². The normalized spacial score (nSPS) is 9.83. The Hall–Kier alpha value is -1.36. The Morgan fingerprint density at radius 3 is 2.58 bits per heavy atom. The van der Waals surface area contributed by atoms with E-state index >= 15 is 0 Å². The minimum atomic E-state index is -0.975. The third kappa shape index (κ3) is 1.45. The lowest BCUT2D eigenvalue weighted by Gasteiger charge is -2.07. The van der Waals surface area contributed by atoms with E-state index in [0.717, 1.165) is 6.07 Å². The summed E-state index contributed by atoms with van der Waals surface area (Å²) in [6.07, 6.45) is 0. The molecule has 64 valence electrons. The van der Waals surface area contributed by atoms with Gasteiger partial charge in [0.05, 0.1) is 11.0 Å². The maximum Gasteiger partial charge on any atom is 0.266 e. The molecule has 1 aromatic rings. The first-order chi connectivity index (χ1) is 5.52. The SMILES string of the molecule is O=[N+]([O-])c1cc(F)cc(Cl)c1[O-]. The van der Waals surface area contributed by atoms with Crippen LogP contribution in [0.4, 0.5) is 10.1 Å². The summed E-state index contributed by atoms with van der Waals surface area (Å²) in [5, 5.41) is 20.4. The summed E-state index contributed by atoms with van der Waals surface area (Å²) < 4.78 is 12.4. The van der Waals surface area contributed by atoms with Gasteiger partial charge in [-0.1, -0.05) is 11.6 Å². The Balaban J connectivity index is 3.37. The zero-order chi connectivity index (χ0) is 9.30. The minimum Gasteiger partial charge on any atom is -0.867 e. The molecular weight excluding hydrogens is 189 g/mol. The van der Waals surface area contributed by atoms with E-state index in [1.54, 1.807) is 0 Å². The Labute approximate surface area is 71.3 Å². The van der Waals surface area contributed by atoms with Crippen LogP contribution in [-0.2, 0) is 0 Å². The van der Waals surface area contributed by atoms with Crippen LogP contribution >= 0.6 is 11.6 Å². The minimum absolute atomic E-state index is 0.485. The van der Waals surface area contributed by atoms with Crippen LogP contribution in [0.1, 0.15) is 0 Å². The van der Waals surface area contributed by atoms with Crippen molar-refractivity contribution in [3.8, 4) is 5.75 Å². The van der Waals surface area contributed by atoms with Crippen LogP contribution in [0.5, 0.6) is 5.75 Å². The van der Waals surface area contributed by atoms with E-state index in [2.05, 4.69) is 0 Å². The van der Waals surface area contributed by atoms with Crippen LogP contribution in [0.2, 0.25) is 5.02 Å². The molecule has 0 N–H and O–H groups in total. The summed E-state index contributed by atoms with van der Waals surface area (Å²) in [7, 11) is 0. The topological polar surface area (TPSA) is 66.2 Å². The van der Waals surface area contributed by atoms with Crippen LogP contribution in [0.15, 0.2) is 12.1 Å². The number of nitrogens with zero attached hydrogens (tertiary/aromatic N) is 1. The summed E-state index contributed by atoms with van der Waals surface area (Å²) >= 11 is 5.21. The molecular formula is C6H2ClFNO3-. The molecule has 0 bridgehead atoms. The number of benzene rings is 1. The zero-order valence-electron chi connectivity index (χ0n) is 5.58. The van der Waals surface area contributed by atoms with Crippen molar-refractivity contribution in [2.24, 2.45) is 0 Å². The highest BCUT2D eigenvalue weighted by molar-refractivity contribution is 6.32. The molecule has 0 radical (unpaired) electrons. The molecule has 0 aliphatic heterocycles. The molecule has 0 spiro atoms. The van der Waals surface area contributed by atoms with E-state index in [9.17, 15) is 19.6 Å². The molecule has 0 aliphatic carbocycles. The average molecular weight is 191 g/mol. The van der Waals surface area contributed by atoms with Crippen molar-refractivity contribution in [3.63, 3.8) is 0 Å². The van der Waals surface area contributed by atoms with Crippen molar-refractivity contribution in [2.75, 3.05) is 0 Å². The molecule has 0 amide bonds. The van der Waals surface area contributed by atoms with E-state index in [1.165, 1.54) is 0 Å². The quantitative estimate of drug-likeness (QED) is 0.497. The van der Waals surface area contributed by atoms with Gasteiger partial charge in [0.2, 0.25) is 0 Å². The number of rotatable bonds is 1. The molecule has 0 aromatic heterocycles. The monoisotopic (exact) mass is 190 g/mol. The van der Waals surface area contributed by atoms with Crippen LogP contribution in [-0.4, -0.2) is 4.92 Å². The molecule has 0 aliphatic rings. The highest BCUT2D eigenvalue weighted by atomic mass is 35.5. The van der Waals surface area contributed by atoms with E-state index in [0.29, 0.717) is 6.07 Å². The van der Waals surface area contributed by atoms with Crippen LogP contribution in [0.25, 0.3) is 0 Å². The first-order valence-corrected chi connectivity index (χ1v) is 3.20. The van der Waals surface area contributed by atoms with Crippen molar-refractivity contribution in [1.29, 1.82) is 0 Å². The number of nitro groups is 1. The maximum atomic E-state index is 12.4. The lowest BCUT2D eigenvalue weighted by Crippen LogP contribution is -1.99. The van der Waals surface area contributed by atoms with Gasteiger partial charge >= 0.3 is 0 Å². The number of halogens is 2. The Bertz CT molecular complexity index is 342. The van der Waals surface area contributed by atoms with Crippen molar-refractivity contribution in [2.45, 2.75) is 0 Å². The summed E-state index contributed by atoms with van der Waals surface area (Å²) in [6, 6.07) is 1.27. The molecule has 0 heterocycles. The van der Waals surface area contributed by atoms with Crippen molar-refractivity contribution in [1.82, 2.24) is 0 Å². The largest absolute Gasteiger partial charge is 0.867 e. The molecule has 0 saturated heterocycles. The van der Waals surface area contributed by atoms with E-state index in [1.807, 2.05) is 0 Å². The molecule has 4 nitrogen and oxygen atoms in total. The Kier molecular flexibility index (Phi) is 2.14. The number of hydrogen-bond donors (Lipinski definition) is 0. The van der Waals surface area contributed by atoms with Crippen molar-refractivity contribution in [3.05, 3.63) is 33.1 Å². The molecule has 1 aromatic carbocycles. The third-order valence-corrected chi connectivity index (χ3v) is 1.47. The summed E-state index contributed by atoms with van der Waals surface area (Å²) in [5.74, 6) is -1.87. The number of hydrogen-bond acceptors (Lipinski definition) is 3. The summed E-state index contributed by atoms with van der Waals surface area (Å²) in [6.45, 7) is 0. The lowest BCUT2D eigenvalue weighted by molar-refractivity contribution is -0.398. The fraction of sp³-hybridized carbons (Fsp3) is 0. The molecule has 12 heavy (non-hydrogen) atoms. The molecule has 0 saturated carbocycles. The maximum absolute atomic E-state index is 12.4. The second kappa shape index (κ2) is 2.94. The predicted molar refractivity (Wildman–Crippen MR) is 37.5 cm³/mol. The molecule has 0 fully saturated rings. The Morgan fingerprint density at radius 1 is 1.50 bits per heavy atom. The third-order valence-electron chi connectivity index (χ3n) is 1.19. The molecule has 0 atom stereocenters. The molecule has 1 rings (SSSR count). The van der Waals surface area contributed by atoms with Gasteiger partial charge in [-0.05, 0) is 11.8 Å². The second-order valence-corrected chi connectivity index (χ2v) is 2.40. The Morgan fingerprint density at radius 2 is 2.08 bits per heavy atom. The van der Waals surface area contributed by atoms with Gasteiger partial charge in [-0.3, -0.25) is 10.1 Å². The number of nitro benzene ring substituents is 1. The van der Waals surface area contributed by atoms with E-state index in [-0.39, 0.29) is 0 Å². The summed E-state index contributed by atoms with van der Waals surface area (Å²) in [5.41, 5.74) is -0.847. The molecule has 6 heteroatoms. The highest BCUT2D eigenvalue weighted by Crippen LogP contribution is 2.31. The first kappa shape index (κ1) is 8.73. The fourth-order valence-electron chi connectivity index (χ4n) is 0.682. The highest BCUT2D eigenvalue weighted by Gasteiger charge is 2.11. The van der Waals surface area contributed by atoms with Gasteiger partial charge in [0.1, 0.15) is 5.82 Å². The smallest absolute Gasteiger partial charge is 0.266 e. The first-order valence-electron chi connectivity index (χ1n) is 2.83. The van der Waals surface area contributed by atoms with Gasteiger partial charge in [-0.2, -0.15) is 0 Å².